The van der Waals surface area contributed by atoms with Crippen LogP contribution in [0.3, 0.4) is 0 Å². The molecule has 2 aliphatic rings. The summed E-state index contributed by atoms with van der Waals surface area (Å²) < 4.78 is 5.17. The molecule has 0 radical (unpaired) electrons. The average Bonchev–Trinajstić information content (AvgIpc) is 3.52. The van der Waals surface area contributed by atoms with Gasteiger partial charge in [0.2, 0.25) is 17.6 Å². The first-order chi connectivity index (χ1) is 17.9. The maximum atomic E-state index is 13.5. The van der Waals surface area contributed by atoms with Gasteiger partial charge in [-0.05, 0) is 49.7 Å². The third kappa shape index (κ3) is 6.89. The summed E-state index contributed by atoms with van der Waals surface area (Å²) in [5, 5.41) is 11.1. The molecule has 1 aliphatic carbocycles. The SMILES string of the molecule is CCCCCNC(=O)CN(CC(=O)N(C)N1CC2CCCCC2C1)c1cc(-c2noc(C)n2)ccc1C. The zero-order valence-electron chi connectivity index (χ0n) is 22.8. The molecule has 1 N–H and O–H groups in total. The molecular weight excluding hydrogens is 468 g/mol. The highest BCUT2D eigenvalue weighted by Gasteiger charge is 2.37. The van der Waals surface area contributed by atoms with E-state index in [1.165, 1.54) is 25.7 Å². The van der Waals surface area contributed by atoms with Crippen LogP contribution in [0, 0.1) is 25.7 Å². The highest BCUT2D eigenvalue weighted by Crippen LogP contribution is 2.36. The van der Waals surface area contributed by atoms with Gasteiger partial charge in [-0.1, -0.05) is 49.9 Å². The first kappa shape index (κ1) is 27.1. The molecule has 2 aromatic rings. The van der Waals surface area contributed by atoms with E-state index in [4.69, 9.17) is 4.52 Å². The molecule has 2 fully saturated rings. The van der Waals surface area contributed by atoms with Crippen molar-refractivity contribution < 1.29 is 14.1 Å². The number of hydrogen-bond donors (Lipinski definition) is 1. The minimum absolute atomic E-state index is 0.0161. The van der Waals surface area contributed by atoms with Gasteiger partial charge in [-0.25, -0.2) is 5.01 Å². The Balaban J connectivity index is 1.51. The number of hydrazine groups is 1. The monoisotopic (exact) mass is 510 g/mol. The molecular formula is C28H42N6O3. The van der Waals surface area contributed by atoms with Gasteiger partial charge in [0.1, 0.15) is 0 Å². The van der Waals surface area contributed by atoms with E-state index in [1.807, 2.05) is 37.1 Å². The molecule has 0 bridgehead atoms. The molecule has 0 spiro atoms. The first-order valence-corrected chi connectivity index (χ1v) is 13.8. The number of amides is 2. The van der Waals surface area contributed by atoms with Crippen molar-refractivity contribution in [2.24, 2.45) is 11.8 Å². The summed E-state index contributed by atoms with van der Waals surface area (Å²) in [5.41, 5.74) is 2.58. The van der Waals surface area contributed by atoms with E-state index in [0.29, 0.717) is 30.1 Å². The van der Waals surface area contributed by atoms with Crippen molar-refractivity contribution in [3.05, 3.63) is 29.7 Å². The summed E-state index contributed by atoms with van der Waals surface area (Å²) in [4.78, 5) is 32.7. The average molecular weight is 511 g/mol. The van der Waals surface area contributed by atoms with Gasteiger partial charge in [-0.3, -0.25) is 14.6 Å². The Bertz CT molecular complexity index is 1060. The Morgan fingerprint density at radius 3 is 2.49 bits per heavy atom. The van der Waals surface area contributed by atoms with Crippen LogP contribution >= 0.6 is 0 Å². The third-order valence-corrected chi connectivity index (χ3v) is 7.84. The minimum atomic E-state index is -0.0843. The van der Waals surface area contributed by atoms with Crippen LogP contribution in [0.2, 0.25) is 0 Å². The number of carbonyl (C=O) groups excluding carboxylic acids is 2. The summed E-state index contributed by atoms with van der Waals surface area (Å²) in [6, 6.07) is 5.86. The predicted octanol–water partition coefficient (Wildman–Crippen LogP) is 3.96. The molecule has 1 saturated heterocycles. The number of rotatable bonds is 11. The zero-order chi connectivity index (χ0) is 26.4. The Hall–Kier alpha value is -2.94. The Morgan fingerprint density at radius 1 is 1.11 bits per heavy atom. The standard InChI is InChI=1S/C28H42N6O3/c1-5-6-9-14-29-26(35)18-33(25-15-22(13-12-20(25)2)28-30-21(3)37-31-28)19-27(36)32(4)34-16-23-10-7-8-11-24(23)17-34/h12-13,15,23-24H,5-11,14,16-19H2,1-4H3,(H,29,35). The van der Waals surface area contributed by atoms with Gasteiger partial charge in [-0.15, -0.1) is 0 Å². The van der Waals surface area contributed by atoms with E-state index in [0.717, 1.165) is 49.2 Å². The number of nitrogens with zero attached hydrogens (tertiary/aromatic N) is 5. The lowest BCUT2D eigenvalue weighted by molar-refractivity contribution is -0.142. The second-order valence-electron chi connectivity index (χ2n) is 10.6. The lowest BCUT2D eigenvalue weighted by Gasteiger charge is -2.32. The van der Waals surface area contributed by atoms with Gasteiger partial charge in [0.25, 0.3) is 5.91 Å². The quantitative estimate of drug-likeness (QED) is 0.457. The lowest BCUT2D eigenvalue weighted by atomic mass is 9.82. The zero-order valence-corrected chi connectivity index (χ0v) is 22.8. The number of fused-ring (bicyclic) bond motifs is 1. The number of likely N-dealkylation sites (N-methyl/N-ethyl adjacent to an activating group) is 1. The minimum Gasteiger partial charge on any atom is -0.355 e. The van der Waals surface area contributed by atoms with Gasteiger partial charge >= 0.3 is 0 Å². The summed E-state index contributed by atoms with van der Waals surface area (Å²) >= 11 is 0. The fourth-order valence-electron chi connectivity index (χ4n) is 5.61. The van der Waals surface area contributed by atoms with Crippen LogP contribution in [-0.4, -0.2) is 71.7 Å². The molecule has 1 aromatic heterocycles. The molecule has 1 aromatic carbocycles. The van der Waals surface area contributed by atoms with Crippen molar-refractivity contribution in [2.45, 2.75) is 65.7 Å². The summed E-state index contributed by atoms with van der Waals surface area (Å²) in [6.07, 6.45) is 8.24. The Morgan fingerprint density at radius 2 is 1.84 bits per heavy atom. The summed E-state index contributed by atoms with van der Waals surface area (Å²) in [5.74, 6) is 2.25. The van der Waals surface area contributed by atoms with Crippen molar-refractivity contribution >= 4 is 17.5 Å². The maximum absolute atomic E-state index is 13.5. The molecule has 202 valence electrons. The lowest BCUT2D eigenvalue weighted by Crippen LogP contribution is -2.49. The normalized spacial score (nSPS) is 19.5. The molecule has 2 atom stereocenters. The van der Waals surface area contributed by atoms with Crippen LogP contribution in [0.4, 0.5) is 5.69 Å². The third-order valence-electron chi connectivity index (χ3n) is 7.84. The molecule has 4 rings (SSSR count). The largest absolute Gasteiger partial charge is 0.355 e. The molecule has 37 heavy (non-hydrogen) atoms. The number of aromatic nitrogens is 2. The number of nitrogens with one attached hydrogen (secondary N) is 1. The van der Waals surface area contributed by atoms with Gasteiger partial charge < -0.3 is 14.7 Å². The maximum Gasteiger partial charge on any atom is 0.256 e. The van der Waals surface area contributed by atoms with Crippen LogP contribution in [0.5, 0.6) is 0 Å². The molecule has 2 heterocycles. The number of anilines is 1. The van der Waals surface area contributed by atoms with Crippen LogP contribution < -0.4 is 10.2 Å². The Kier molecular flexibility index (Phi) is 9.18. The highest BCUT2D eigenvalue weighted by atomic mass is 16.5. The first-order valence-electron chi connectivity index (χ1n) is 13.8. The van der Waals surface area contributed by atoms with Gasteiger partial charge in [0.15, 0.2) is 0 Å². The smallest absolute Gasteiger partial charge is 0.256 e. The van der Waals surface area contributed by atoms with E-state index < -0.39 is 0 Å². The number of benzene rings is 1. The van der Waals surface area contributed by atoms with Gasteiger partial charge in [-0.2, -0.15) is 4.98 Å². The van der Waals surface area contributed by atoms with Crippen LogP contribution in [0.15, 0.2) is 22.7 Å². The Labute approximate surface area is 220 Å². The van der Waals surface area contributed by atoms with E-state index in [9.17, 15) is 9.59 Å². The van der Waals surface area contributed by atoms with Crippen LogP contribution in [-0.2, 0) is 9.59 Å². The molecule has 1 saturated carbocycles. The van der Waals surface area contributed by atoms with E-state index in [2.05, 4.69) is 27.4 Å². The second kappa shape index (κ2) is 12.5. The summed E-state index contributed by atoms with van der Waals surface area (Å²) in [7, 11) is 1.87. The van der Waals surface area contributed by atoms with E-state index in [1.54, 1.807) is 11.9 Å². The molecule has 9 heteroatoms. The van der Waals surface area contributed by atoms with Gasteiger partial charge in [0, 0.05) is 44.9 Å². The fraction of sp³-hybridized carbons (Fsp3) is 0.643. The highest BCUT2D eigenvalue weighted by molar-refractivity contribution is 5.87. The second-order valence-corrected chi connectivity index (χ2v) is 10.6. The van der Waals surface area contributed by atoms with Crippen molar-refractivity contribution in [1.82, 2.24) is 25.5 Å². The molecule has 1 aliphatic heterocycles. The summed E-state index contributed by atoms with van der Waals surface area (Å²) in [6.45, 7) is 8.63. The van der Waals surface area contributed by atoms with Crippen molar-refractivity contribution in [2.75, 3.05) is 44.7 Å². The van der Waals surface area contributed by atoms with Crippen molar-refractivity contribution in [3.8, 4) is 11.4 Å². The number of unbranched alkanes of at least 4 members (excludes halogenated alkanes) is 2. The molecule has 2 unspecified atom stereocenters. The van der Waals surface area contributed by atoms with E-state index in [-0.39, 0.29) is 24.9 Å². The molecule has 2 amide bonds. The van der Waals surface area contributed by atoms with E-state index >= 15 is 0 Å². The van der Waals surface area contributed by atoms with Crippen LogP contribution in [0.25, 0.3) is 11.4 Å². The van der Waals surface area contributed by atoms with Crippen LogP contribution in [0.1, 0.15) is 63.3 Å². The predicted molar refractivity (Wildman–Crippen MR) is 144 cm³/mol. The number of hydrogen-bond acceptors (Lipinski definition) is 7. The fourth-order valence-corrected chi connectivity index (χ4v) is 5.61. The number of carbonyl (C=O) groups is 2. The topological polar surface area (TPSA) is 94.8 Å². The van der Waals surface area contributed by atoms with Crippen molar-refractivity contribution in [3.63, 3.8) is 0 Å². The van der Waals surface area contributed by atoms with Crippen molar-refractivity contribution in [1.29, 1.82) is 0 Å². The molecule has 9 nitrogen and oxygen atoms in total. The number of aryl methyl sites for hydroxylation is 2. The van der Waals surface area contributed by atoms with Gasteiger partial charge in [0.05, 0.1) is 13.1 Å².